The van der Waals surface area contributed by atoms with Crippen LogP contribution in [0.5, 0.6) is 5.75 Å². The van der Waals surface area contributed by atoms with Crippen LogP contribution in [0.2, 0.25) is 0 Å². The van der Waals surface area contributed by atoms with Crippen molar-refractivity contribution in [3.8, 4) is 5.75 Å². The van der Waals surface area contributed by atoms with Crippen LogP contribution in [0.15, 0.2) is 47.4 Å². The lowest BCUT2D eigenvalue weighted by molar-refractivity contribution is -0.143. The number of hydrogen-bond donors (Lipinski definition) is 3. The Kier molecular flexibility index (Phi) is 4.66. The lowest BCUT2D eigenvalue weighted by Crippen LogP contribution is -2.56. The Morgan fingerprint density at radius 1 is 1.15 bits per heavy atom. The van der Waals surface area contributed by atoms with E-state index in [1.807, 2.05) is 13.0 Å². The molecule has 0 aliphatic carbocycles. The van der Waals surface area contributed by atoms with Gasteiger partial charge in [0, 0.05) is 5.69 Å². The lowest BCUT2D eigenvalue weighted by atomic mass is 10.0. The highest BCUT2D eigenvalue weighted by Crippen LogP contribution is 2.34. The molecule has 3 rings (SSSR count). The third-order valence-corrected chi connectivity index (χ3v) is 5.69. The summed E-state index contributed by atoms with van der Waals surface area (Å²) >= 11 is 0. The van der Waals surface area contributed by atoms with Crippen molar-refractivity contribution >= 4 is 33.2 Å². The highest BCUT2D eigenvalue weighted by atomic mass is 32.2. The Labute approximate surface area is 157 Å². The van der Waals surface area contributed by atoms with Crippen LogP contribution in [0.1, 0.15) is 12.5 Å². The van der Waals surface area contributed by atoms with Gasteiger partial charge in [-0.2, -0.15) is 0 Å². The summed E-state index contributed by atoms with van der Waals surface area (Å²) in [6, 6.07) is 10.8. The van der Waals surface area contributed by atoms with Gasteiger partial charge in [0.2, 0.25) is 10.0 Å². The predicted octanol–water partition coefficient (Wildman–Crippen LogP) is 1.63. The Hall–Kier alpha value is -2.91. The van der Waals surface area contributed by atoms with Crippen LogP contribution in [0, 0.1) is 6.92 Å². The van der Waals surface area contributed by atoms with Gasteiger partial charge in [-0.1, -0.05) is 6.07 Å². The van der Waals surface area contributed by atoms with E-state index in [2.05, 4.69) is 15.4 Å². The van der Waals surface area contributed by atoms with Gasteiger partial charge < -0.3 is 15.4 Å². The van der Waals surface area contributed by atoms with Crippen LogP contribution in [0.3, 0.4) is 0 Å². The van der Waals surface area contributed by atoms with Crippen molar-refractivity contribution in [2.24, 2.45) is 0 Å². The van der Waals surface area contributed by atoms with Crippen LogP contribution >= 0.6 is 0 Å². The topological polar surface area (TPSA) is 114 Å². The molecule has 0 radical (unpaired) electrons. The van der Waals surface area contributed by atoms with E-state index in [4.69, 9.17) is 4.74 Å². The third kappa shape index (κ3) is 3.51. The van der Waals surface area contributed by atoms with Crippen LogP contribution in [0.4, 0.5) is 11.4 Å². The number of amides is 2. The molecule has 0 saturated heterocycles. The van der Waals surface area contributed by atoms with Gasteiger partial charge in [-0.15, -0.1) is 0 Å². The standard InChI is InChI=1S/C18H19N3O5S/c1-11-4-9-15-14(10-11)21-17(23)18(2,26-15)16(22)20-12-5-7-13(8-6-12)27(24,25)19-3/h4-10,19H,1-3H3,(H,20,22)(H,21,23). The van der Waals surface area contributed by atoms with E-state index in [9.17, 15) is 18.0 Å². The second-order valence-electron chi connectivity index (χ2n) is 6.28. The molecule has 0 spiro atoms. The highest BCUT2D eigenvalue weighted by Gasteiger charge is 2.47. The molecule has 142 valence electrons. The summed E-state index contributed by atoms with van der Waals surface area (Å²) < 4.78 is 31.4. The minimum atomic E-state index is -3.57. The van der Waals surface area contributed by atoms with Crippen LogP contribution in [-0.4, -0.2) is 32.9 Å². The maximum Gasteiger partial charge on any atom is 0.278 e. The minimum absolute atomic E-state index is 0.0603. The number of aryl methyl sites for hydroxylation is 1. The average Bonchev–Trinajstić information content (AvgIpc) is 2.63. The van der Waals surface area contributed by atoms with Gasteiger partial charge in [-0.25, -0.2) is 13.1 Å². The number of ether oxygens (including phenoxy) is 1. The molecule has 2 aromatic rings. The Morgan fingerprint density at radius 3 is 2.44 bits per heavy atom. The van der Waals surface area contributed by atoms with Gasteiger partial charge in [0.1, 0.15) is 5.75 Å². The van der Waals surface area contributed by atoms with E-state index in [0.717, 1.165) is 5.56 Å². The third-order valence-electron chi connectivity index (χ3n) is 4.26. The molecule has 27 heavy (non-hydrogen) atoms. The molecule has 9 heteroatoms. The monoisotopic (exact) mass is 389 g/mol. The van der Waals surface area contributed by atoms with Crippen molar-refractivity contribution in [2.75, 3.05) is 17.7 Å². The predicted molar refractivity (Wildman–Crippen MR) is 100 cm³/mol. The van der Waals surface area contributed by atoms with Gasteiger partial charge in [0.05, 0.1) is 10.6 Å². The first-order valence-electron chi connectivity index (χ1n) is 8.12. The number of carbonyl (C=O) groups excluding carboxylic acids is 2. The van der Waals surface area contributed by atoms with Gasteiger partial charge in [-0.3, -0.25) is 9.59 Å². The summed E-state index contributed by atoms with van der Waals surface area (Å²) in [4.78, 5) is 25.2. The molecule has 1 atom stereocenters. The summed E-state index contributed by atoms with van der Waals surface area (Å²) in [5, 5.41) is 5.26. The fraction of sp³-hybridized carbons (Fsp3) is 0.222. The summed E-state index contributed by atoms with van der Waals surface area (Å²) in [6.45, 7) is 3.26. The molecule has 0 saturated carbocycles. The number of anilines is 2. The lowest BCUT2D eigenvalue weighted by Gasteiger charge is -2.33. The normalized spacial score (nSPS) is 18.9. The molecular formula is C18H19N3O5S. The van der Waals surface area contributed by atoms with Crippen molar-refractivity contribution in [1.82, 2.24) is 4.72 Å². The number of benzene rings is 2. The van der Waals surface area contributed by atoms with E-state index < -0.39 is 27.4 Å². The van der Waals surface area contributed by atoms with E-state index in [1.54, 1.807) is 12.1 Å². The van der Waals surface area contributed by atoms with E-state index in [1.165, 1.54) is 38.2 Å². The first kappa shape index (κ1) is 18.9. The molecule has 0 bridgehead atoms. The molecule has 0 aromatic heterocycles. The molecule has 1 unspecified atom stereocenters. The Bertz CT molecular complexity index is 1020. The fourth-order valence-electron chi connectivity index (χ4n) is 2.57. The smallest absolute Gasteiger partial charge is 0.278 e. The molecule has 1 aliphatic heterocycles. The van der Waals surface area contributed by atoms with Crippen LogP contribution < -0.4 is 20.1 Å². The summed E-state index contributed by atoms with van der Waals surface area (Å²) in [6.07, 6.45) is 0. The molecule has 3 N–H and O–H groups in total. The number of hydrogen-bond acceptors (Lipinski definition) is 5. The molecule has 8 nitrogen and oxygen atoms in total. The molecule has 1 aliphatic rings. The summed E-state index contributed by atoms with van der Waals surface area (Å²) in [7, 11) is -2.26. The van der Waals surface area contributed by atoms with Crippen molar-refractivity contribution in [2.45, 2.75) is 24.3 Å². The molecule has 2 aromatic carbocycles. The second kappa shape index (κ2) is 6.67. The largest absolute Gasteiger partial charge is 0.466 e. The van der Waals surface area contributed by atoms with Crippen molar-refractivity contribution < 1.29 is 22.7 Å². The van der Waals surface area contributed by atoms with Gasteiger partial charge in [0.15, 0.2) is 0 Å². The maximum atomic E-state index is 12.7. The van der Waals surface area contributed by atoms with Crippen molar-refractivity contribution in [3.63, 3.8) is 0 Å². The SMILES string of the molecule is CNS(=O)(=O)c1ccc(NC(=O)C2(C)Oc3ccc(C)cc3NC2=O)cc1. The molecular weight excluding hydrogens is 370 g/mol. The van der Waals surface area contributed by atoms with E-state index >= 15 is 0 Å². The van der Waals surface area contributed by atoms with Crippen LogP contribution in [0.25, 0.3) is 0 Å². The first-order chi connectivity index (χ1) is 12.7. The average molecular weight is 389 g/mol. The van der Waals surface area contributed by atoms with Crippen molar-refractivity contribution in [3.05, 3.63) is 48.0 Å². The maximum absolute atomic E-state index is 12.7. The number of sulfonamides is 1. The Balaban J connectivity index is 1.81. The molecule has 0 fully saturated rings. The highest BCUT2D eigenvalue weighted by molar-refractivity contribution is 7.89. The van der Waals surface area contributed by atoms with Gasteiger partial charge in [-0.05, 0) is 62.9 Å². The number of nitrogens with one attached hydrogen (secondary N) is 3. The zero-order chi connectivity index (χ0) is 19.8. The number of fused-ring (bicyclic) bond motifs is 1. The summed E-state index contributed by atoms with van der Waals surface area (Å²) in [5.41, 5.74) is 0.0226. The summed E-state index contributed by atoms with van der Waals surface area (Å²) in [5.74, 6) is -0.865. The Morgan fingerprint density at radius 2 is 1.81 bits per heavy atom. The number of carbonyl (C=O) groups is 2. The first-order valence-corrected chi connectivity index (χ1v) is 9.60. The zero-order valence-corrected chi connectivity index (χ0v) is 15.8. The van der Waals surface area contributed by atoms with Gasteiger partial charge in [0.25, 0.3) is 17.4 Å². The zero-order valence-electron chi connectivity index (χ0n) is 15.0. The fourth-order valence-corrected chi connectivity index (χ4v) is 3.30. The van der Waals surface area contributed by atoms with Crippen LogP contribution in [-0.2, 0) is 19.6 Å². The van der Waals surface area contributed by atoms with Crippen molar-refractivity contribution in [1.29, 1.82) is 0 Å². The molecule has 1 heterocycles. The van der Waals surface area contributed by atoms with E-state index in [0.29, 0.717) is 17.1 Å². The quantitative estimate of drug-likeness (QED) is 0.688. The molecule has 2 amide bonds. The van der Waals surface area contributed by atoms with E-state index in [-0.39, 0.29) is 4.90 Å². The van der Waals surface area contributed by atoms with Gasteiger partial charge >= 0.3 is 0 Å². The second-order valence-corrected chi connectivity index (χ2v) is 8.16. The number of rotatable bonds is 4. The minimum Gasteiger partial charge on any atom is -0.466 e.